The van der Waals surface area contributed by atoms with Gasteiger partial charge in [0.15, 0.2) is 0 Å². The number of halogens is 1. The Bertz CT molecular complexity index is 1050. The maximum atomic E-state index is 11.3. The Morgan fingerprint density at radius 2 is 2.17 bits per heavy atom. The number of furan rings is 1. The van der Waals surface area contributed by atoms with Crippen molar-refractivity contribution in [2.24, 2.45) is 0 Å². The van der Waals surface area contributed by atoms with Crippen molar-refractivity contribution in [2.45, 2.75) is 39.3 Å². The van der Waals surface area contributed by atoms with Crippen LogP contribution in [0.4, 0.5) is 5.69 Å². The number of nitro benzene ring substituents is 1. The first-order valence-corrected chi connectivity index (χ1v) is 10.0. The molecule has 29 heavy (non-hydrogen) atoms. The molecule has 1 aliphatic rings. The average molecular weight is 413 g/mol. The van der Waals surface area contributed by atoms with E-state index in [2.05, 4.69) is 21.8 Å². The number of aryl methyl sites for hydroxylation is 1. The first-order chi connectivity index (χ1) is 14.0. The number of rotatable bonds is 6. The fourth-order valence-electron chi connectivity index (χ4n) is 3.59. The van der Waals surface area contributed by atoms with Crippen molar-refractivity contribution in [3.05, 3.63) is 74.5 Å². The molecule has 0 fully saturated rings. The Kier molecular flexibility index (Phi) is 5.60. The van der Waals surface area contributed by atoms with Crippen LogP contribution in [0.5, 0.6) is 0 Å². The zero-order valence-corrected chi connectivity index (χ0v) is 16.9. The fraction of sp³-hybridized carbons (Fsp3) is 0.333. The lowest BCUT2D eigenvalue weighted by Gasteiger charge is -2.27. The van der Waals surface area contributed by atoms with Gasteiger partial charge >= 0.3 is 0 Å². The minimum Gasteiger partial charge on any atom is -0.459 e. The smallest absolute Gasteiger partial charge is 0.281 e. The Balaban J connectivity index is 1.49. The lowest BCUT2D eigenvalue weighted by atomic mass is 10.1. The van der Waals surface area contributed by atoms with Crippen molar-refractivity contribution in [2.75, 3.05) is 6.54 Å². The number of fused-ring (bicyclic) bond motifs is 1. The minimum atomic E-state index is -0.447. The molecule has 0 unspecified atom stereocenters. The summed E-state index contributed by atoms with van der Waals surface area (Å²) in [6.07, 6.45) is 4.76. The second kappa shape index (κ2) is 8.31. The summed E-state index contributed by atoms with van der Waals surface area (Å²) in [5.41, 5.74) is 2.64. The van der Waals surface area contributed by atoms with E-state index >= 15 is 0 Å². The summed E-state index contributed by atoms with van der Waals surface area (Å²) in [4.78, 5) is 22.3. The zero-order valence-electron chi connectivity index (χ0n) is 16.1. The summed E-state index contributed by atoms with van der Waals surface area (Å²) in [5, 5.41) is 11.7. The summed E-state index contributed by atoms with van der Waals surface area (Å²) in [5.74, 6) is 2.14. The number of nitro groups is 1. The lowest BCUT2D eigenvalue weighted by Crippen LogP contribution is -2.31. The Morgan fingerprint density at radius 3 is 2.97 bits per heavy atom. The topological polar surface area (TPSA) is 85.3 Å². The van der Waals surface area contributed by atoms with E-state index in [1.807, 2.05) is 12.3 Å². The van der Waals surface area contributed by atoms with Crippen LogP contribution in [0.3, 0.4) is 0 Å². The molecule has 1 aliphatic heterocycles. The summed E-state index contributed by atoms with van der Waals surface area (Å²) in [6, 6.07) is 8.22. The van der Waals surface area contributed by atoms with Gasteiger partial charge in [0.25, 0.3) is 5.69 Å². The molecule has 0 aliphatic carbocycles. The highest BCUT2D eigenvalue weighted by atomic mass is 35.5. The lowest BCUT2D eigenvalue weighted by molar-refractivity contribution is -0.384. The van der Waals surface area contributed by atoms with Crippen LogP contribution in [0, 0.1) is 10.1 Å². The first kappa shape index (κ1) is 19.5. The van der Waals surface area contributed by atoms with Crippen LogP contribution in [0.1, 0.15) is 36.2 Å². The van der Waals surface area contributed by atoms with E-state index in [-0.39, 0.29) is 5.69 Å². The second-order valence-corrected chi connectivity index (χ2v) is 7.59. The maximum absolute atomic E-state index is 11.3. The van der Waals surface area contributed by atoms with E-state index in [4.69, 9.17) is 16.0 Å². The summed E-state index contributed by atoms with van der Waals surface area (Å²) in [7, 11) is 0. The van der Waals surface area contributed by atoms with Gasteiger partial charge in [-0.1, -0.05) is 18.5 Å². The number of hydrogen-bond donors (Lipinski definition) is 0. The molecule has 2 aromatic heterocycles. The van der Waals surface area contributed by atoms with Crippen molar-refractivity contribution in [3.8, 4) is 11.3 Å². The molecule has 0 saturated heterocycles. The van der Waals surface area contributed by atoms with Crippen LogP contribution >= 0.6 is 11.6 Å². The van der Waals surface area contributed by atoms with Gasteiger partial charge in [0.1, 0.15) is 17.3 Å². The van der Waals surface area contributed by atoms with Crippen LogP contribution in [-0.2, 0) is 25.9 Å². The van der Waals surface area contributed by atoms with Crippen molar-refractivity contribution in [1.82, 2.24) is 14.9 Å². The quantitative estimate of drug-likeness (QED) is 0.426. The summed E-state index contributed by atoms with van der Waals surface area (Å²) in [6.45, 7) is 4.39. The Hall–Kier alpha value is -2.77. The molecule has 3 heterocycles. The SMILES string of the molecule is CCCc1ncc2c(n1)CCN(Cc1ccc(-c3ccc(Cl)cc3[N+](=O)[O-])o1)C2. The van der Waals surface area contributed by atoms with E-state index in [0.717, 1.165) is 55.2 Å². The van der Waals surface area contributed by atoms with E-state index in [9.17, 15) is 10.1 Å². The van der Waals surface area contributed by atoms with Gasteiger partial charge in [-0.25, -0.2) is 9.97 Å². The third-order valence-corrected chi connectivity index (χ3v) is 5.23. The highest BCUT2D eigenvalue weighted by molar-refractivity contribution is 6.30. The highest BCUT2D eigenvalue weighted by Crippen LogP contribution is 2.33. The predicted octanol–water partition coefficient (Wildman–Crippen LogP) is 4.81. The van der Waals surface area contributed by atoms with E-state index in [1.54, 1.807) is 18.2 Å². The normalized spacial score (nSPS) is 14.0. The van der Waals surface area contributed by atoms with Crippen molar-refractivity contribution in [3.63, 3.8) is 0 Å². The predicted molar refractivity (Wildman–Crippen MR) is 110 cm³/mol. The minimum absolute atomic E-state index is 0.0645. The fourth-order valence-corrected chi connectivity index (χ4v) is 3.75. The molecular formula is C21H21ClN4O3. The number of aromatic nitrogens is 2. The molecule has 4 rings (SSSR count). The molecule has 0 radical (unpaired) electrons. The maximum Gasteiger partial charge on any atom is 0.281 e. The number of hydrogen-bond acceptors (Lipinski definition) is 6. The molecule has 0 saturated carbocycles. The van der Waals surface area contributed by atoms with Crippen LogP contribution in [-0.4, -0.2) is 26.3 Å². The summed E-state index contributed by atoms with van der Waals surface area (Å²) < 4.78 is 5.92. The molecule has 8 heteroatoms. The molecular weight excluding hydrogens is 392 g/mol. The Labute approximate surface area is 173 Å². The monoisotopic (exact) mass is 412 g/mol. The largest absolute Gasteiger partial charge is 0.459 e. The third-order valence-electron chi connectivity index (χ3n) is 5.00. The average Bonchev–Trinajstić information content (AvgIpc) is 3.16. The molecule has 3 aromatic rings. The highest BCUT2D eigenvalue weighted by Gasteiger charge is 2.22. The molecule has 150 valence electrons. The van der Waals surface area contributed by atoms with Crippen LogP contribution in [0.25, 0.3) is 11.3 Å². The molecule has 0 atom stereocenters. The van der Waals surface area contributed by atoms with Gasteiger partial charge < -0.3 is 4.42 Å². The molecule has 0 spiro atoms. The first-order valence-electron chi connectivity index (χ1n) is 9.62. The van der Waals surface area contributed by atoms with Gasteiger partial charge in [-0.2, -0.15) is 0 Å². The number of nitrogens with zero attached hydrogens (tertiary/aromatic N) is 4. The molecule has 1 aromatic carbocycles. The van der Waals surface area contributed by atoms with Crippen molar-refractivity contribution < 1.29 is 9.34 Å². The van der Waals surface area contributed by atoms with Gasteiger partial charge in [-0.05, 0) is 30.7 Å². The van der Waals surface area contributed by atoms with E-state index in [0.29, 0.717) is 22.9 Å². The third kappa shape index (κ3) is 4.31. The van der Waals surface area contributed by atoms with Gasteiger partial charge in [0.05, 0.1) is 17.0 Å². The van der Waals surface area contributed by atoms with E-state index in [1.165, 1.54) is 6.07 Å². The van der Waals surface area contributed by atoms with E-state index < -0.39 is 4.92 Å². The summed E-state index contributed by atoms with van der Waals surface area (Å²) >= 11 is 5.90. The number of benzene rings is 1. The van der Waals surface area contributed by atoms with Gasteiger partial charge in [0.2, 0.25) is 0 Å². The van der Waals surface area contributed by atoms with Crippen molar-refractivity contribution in [1.29, 1.82) is 0 Å². The molecule has 0 N–H and O–H groups in total. The van der Waals surface area contributed by atoms with Gasteiger partial charge in [-0.15, -0.1) is 0 Å². The van der Waals surface area contributed by atoms with Gasteiger partial charge in [0, 0.05) is 54.5 Å². The van der Waals surface area contributed by atoms with Crippen LogP contribution < -0.4 is 0 Å². The molecule has 0 amide bonds. The van der Waals surface area contributed by atoms with Crippen LogP contribution in [0.2, 0.25) is 5.02 Å². The second-order valence-electron chi connectivity index (χ2n) is 7.15. The standard InChI is InChI=1S/C21H21ClN4O3/c1-2-3-21-23-11-14-12-25(9-8-18(14)24-21)13-16-5-7-20(29-16)17-6-4-15(22)10-19(17)26(27)28/h4-7,10-11H,2-3,8-9,12-13H2,1H3. The Morgan fingerprint density at radius 1 is 1.31 bits per heavy atom. The molecule has 7 nitrogen and oxygen atoms in total. The van der Waals surface area contributed by atoms with Crippen LogP contribution in [0.15, 0.2) is 40.9 Å². The van der Waals surface area contributed by atoms with Crippen molar-refractivity contribution >= 4 is 17.3 Å². The van der Waals surface area contributed by atoms with Gasteiger partial charge in [-0.3, -0.25) is 15.0 Å². The zero-order chi connectivity index (χ0) is 20.4. The molecule has 0 bridgehead atoms.